The van der Waals surface area contributed by atoms with E-state index in [1.807, 2.05) is 0 Å². The lowest BCUT2D eigenvalue weighted by molar-refractivity contribution is 0.0946. The van der Waals surface area contributed by atoms with Crippen LogP contribution in [0, 0.1) is 5.92 Å². The number of oxazole rings is 1. The van der Waals surface area contributed by atoms with Crippen LogP contribution in [0.25, 0.3) is 0 Å². The fourth-order valence-electron chi connectivity index (χ4n) is 3.28. The summed E-state index contributed by atoms with van der Waals surface area (Å²) in [6.07, 6.45) is 3.92. The molecule has 1 N–H and O–H groups in total. The predicted octanol–water partition coefficient (Wildman–Crippen LogP) is 2.13. The standard InChI is InChI=1S/C20H26N4O2/c25-20(21-12-16-6-7-16)18-15-26-19(22-18)14-24-10-8-23(9-11-24)13-17-4-2-1-3-5-17/h1-5,15-16H,6-14H2,(H,21,25). The third kappa shape index (κ3) is 4.71. The molecule has 1 saturated heterocycles. The highest BCUT2D eigenvalue weighted by Crippen LogP contribution is 2.27. The number of nitrogens with one attached hydrogen (secondary N) is 1. The van der Waals surface area contributed by atoms with E-state index in [9.17, 15) is 4.79 Å². The molecule has 26 heavy (non-hydrogen) atoms. The molecule has 1 aromatic heterocycles. The molecule has 0 unspecified atom stereocenters. The Labute approximate surface area is 154 Å². The van der Waals surface area contributed by atoms with Crippen LogP contribution in [-0.2, 0) is 13.1 Å². The van der Waals surface area contributed by atoms with Gasteiger partial charge >= 0.3 is 0 Å². The van der Waals surface area contributed by atoms with Gasteiger partial charge in [0.15, 0.2) is 5.69 Å². The maximum atomic E-state index is 12.0. The molecular weight excluding hydrogens is 328 g/mol. The first kappa shape index (κ1) is 17.2. The third-order valence-electron chi connectivity index (χ3n) is 5.11. The maximum Gasteiger partial charge on any atom is 0.273 e. The van der Waals surface area contributed by atoms with Crippen LogP contribution in [0.4, 0.5) is 0 Å². The second kappa shape index (κ2) is 8.01. The minimum atomic E-state index is -0.125. The first-order chi connectivity index (χ1) is 12.8. The van der Waals surface area contributed by atoms with Crippen LogP contribution < -0.4 is 5.32 Å². The topological polar surface area (TPSA) is 61.6 Å². The fourth-order valence-corrected chi connectivity index (χ4v) is 3.28. The summed E-state index contributed by atoms with van der Waals surface area (Å²) in [4.78, 5) is 21.2. The van der Waals surface area contributed by atoms with Crippen LogP contribution in [0.1, 0.15) is 34.8 Å². The van der Waals surface area contributed by atoms with E-state index in [4.69, 9.17) is 4.42 Å². The van der Waals surface area contributed by atoms with Gasteiger partial charge in [0.05, 0.1) is 6.54 Å². The molecule has 1 aromatic carbocycles. The molecule has 0 bridgehead atoms. The van der Waals surface area contributed by atoms with Crippen molar-refractivity contribution < 1.29 is 9.21 Å². The van der Waals surface area contributed by atoms with Gasteiger partial charge in [-0.05, 0) is 24.3 Å². The number of nitrogens with zero attached hydrogens (tertiary/aromatic N) is 3. The lowest BCUT2D eigenvalue weighted by Gasteiger charge is -2.34. The lowest BCUT2D eigenvalue weighted by Crippen LogP contribution is -2.45. The summed E-state index contributed by atoms with van der Waals surface area (Å²) in [5.41, 5.74) is 1.75. The largest absolute Gasteiger partial charge is 0.447 e. The summed E-state index contributed by atoms with van der Waals surface area (Å²) in [6, 6.07) is 10.6. The van der Waals surface area contributed by atoms with Crippen LogP contribution in [0.15, 0.2) is 41.0 Å². The minimum absolute atomic E-state index is 0.125. The average Bonchev–Trinajstić information content (AvgIpc) is 3.39. The summed E-state index contributed by atoms with van der Waals surface area (Å²) < 4.78 is 5.51. The molecule has 1 saturated carbocycles. The molecule has 0 spiro atoms. The van der Waals surface area contributed by atoms with Gasteiger partial charge in [-0.1, -0.05) is 30.3 Å². The first-order valence-electron chi connectivity index (χ1n) is 9.47. The van der Waals surface area contributed by atoms with Gasteiger partial charge in [-0.3, -0.25) is 14.6 Å². The normalized spacial score (nSPS) is 18.8. The zero-order chi connectivity index (χ0) is 17.8. The summed E-state index contributed by atoms with van der Waals surface area (Å²) in [6.45, 7) is 6.45. The van der Waals surface area contributed by atoms with E-state index in [0.717, 1.165) is 39.3 Å². The molecule has 0 atom stereocenters. The van der Waals surface area contributed by atoms with Crippen molar-refractivity contribution in [2.45, 2.75) is 25.9 Å². The molecule has 1 aliphatic heterocycles. The number of amides is 1. The highest BCUT2D eigenvalue weighted by atomic mass is 16.3. The van der Waals surface area contributed by atoms with Gasteiger partial charge in [-0.25, -0.2) is 4.98 Å². The van der Waals surface area contributed by atoms with Crippen molar-refractivity contribution in [3.63, 3.8) is 0 Å². The zero-order valence-corrected chi connectivity index (χ0v) is 15.1. The molecule has 6 heteroatoms. The molecular formula is C20H26N4O2. The summed E-state index contributed by atoms with van der Waals surface area (Å²) in [5.74, 6) is 1.16. The number of rotatable bonds is 7. The smallest absolute Gasteiger partial charge is 0.273 e. The number of aromatic nitrogens is 1. The Balaban J connectivity index is 1.22. The molecule has 4 rings (SSSR count). The van der Waals surface area contributed by atoms with Gasteiger partial charge in [0.2, 0.25) is 5.89 Å². The SMILES string of the molecule is O=C(NCC1CC1)c1coc(CN2CCN(Cc3ccccc3)CC2)n1. The highest BCUT2D eigenvalue weighted by molar-refractivity contribution is 5.91. The van der Waals surface area contributed by atoms with Crippen molar-refractivity contribution in [2.75, 3.05) is 32.7 Å². The molecule has 2 aliphatic rings. The fraction of sp³-hybridized carbons (Fsp3) is 0.500. The van der Waals surface area contributed by atoms with E-state index in [0.29, 0.717) is 24.0 Å². The van der Waals surface area contributed by atoms with Crippen LogP contribution in [0.5, 0.6) is 0 Å². The van der Waals surface area contributed by atoms with Gasteiger partial charge in [0.1, 0.15) is 6.26 Å². The van der Waals surface area contributed by atoms with E-state index in [-0.39, 0.29) is 5.91 Å². The van der Waals surface area contributed by atoms with E-state index in [2.05, 4.69) is 50.4 Å². The predicted molar refractivity (Wildman–Crippen MR) is 98.6 cm³/mol. The second-order valence-corrected chi connectivity index (χ2v) is 7.32. The van der Waals surface area contributed by atoms with Gasteiger partial charge in [-0.15, -0.1) is 0 Å². The molecule has 1 aliphatic carbocycles. The minimum Gasteiger partial charge on any atom is -0.447 e. The Morgan fingerprint density at radius 2 is 1.77 bits per heavy atom. The van der Waals surface area contributed by atoms with Crippen LogP contribution >= 0.6 is 0 Å². The third-order valence-corrected chi connectivity index (χ3v) is 5.11. The molecule has 6 nitrogen and oxygen atoms in total. The van der Waals surface area contributed by atoms with Crippen molar-refractivity contribution in [2.24, 2.45) is 5.92 Å². The van der Waals surface area contributed by atoms with Crippen LogP contribution in [0.3, 0.4) is 0 Å². The van der Waals surface area contributed by atoms with Crippen molar-refractivity contribution in [1.29, 1.82) is 0 Å². The number of piperazine rings is 1. The second-order valence-electron chi connectivity index (χ2n) is 7.32. The van der Waals surface area contributed by atoms with Gasteiger partial charge < -0.3 is 9.73 Å². The molecule has 2 fully saturated rings. The molecule has 1 amide bonds. The monoisotopic (exact) mass is 354 g/mol. The van der Waals surface area contributed by atoms with E-state index >= 15 is 0 Å². The molecule has 2 heterocycles. The molecule has 0 radical (unpaired) electrons. The van der Waals surface area contributed by atoms with E-state index in [1.54, 1.807) is 0 Å². The van der Waals surface area contributed by atoms with Crippen molar-refractivity contribution >= 4 is 5.91 Å². The van der Waals surface area contributed by atoms with E-state index in [1.165, 1.54) is 24.7 Å². The highest BCUT2D eigenvalue weighted by Gasteiger charge is 2.23. The van der Waals surface area contributed by atoms with Gasteiger partial charge in [-0.2, -0.15) is 0 Å². The Morgan fingerprint density at radius 1 is 1.08 bits per heavy atom. The summed E-state index contributed by atoms with van der Waals surface area (Å²) in [7, 11) is 0. The summed E-state index contributed by atoms with van der Waals surface area (Å²) >= 11 is 0. The summed E-state index contributed by atoms with van der Waals surface area (Å²) in [5, 5.41) is 2.93. The maximum absolute atomic E-state index is 12.0. The Morgan fingerprint density at radius 3 is 2.46 bits per heavy atom. The van der Waals surface area contributed by atoms with Gasteiger partial charge in [0.25, 0.3) is 5.91 Å². The van der Waals surface area contributed by atoms with Crippen molar-refractivity contribution in [3.05, 3.63) is 53.7 Å². The van der Waals surface area contributed by atoms with Crippen LogP contribution in [0.2, 0.25) is 0 Å². The van der Waals surface area contributed by atoms with Gasteiger partial charge in [0, 0.05) is 39.3 Å². The lowest BCUT2D eigenvalue weighted by atomic mass is 10.2. The average molecular weight is 354 g/mol. The Hall–Kier alpha value is -2.18. The van der Waals surface area contributed by atoms with E-state index < -0.39 is 0 Å². The van der Waals surface area contributed by atoms with Crippen molar-refractivity contribution in [1.82, 2.24) is 20.1 Å². The zero-order valence-electron chi connectivity index (χ0n) is 15.1. The number of benzene rings is 1. The number of carbonyl (C=O) groups is 1. The number of hydrogen-bond acceptors (Lipinski definition) is 5. The number of carbonyl (C=O) groups excluding carboxylic acids is 1. The molecule has 138 valence electrons. The van der Waals surface area contributed by atoms with Crippen molar-refractivity contribution in [3.8, 4) is 0 Å². The quantitative estimate of drug-likeness (QED) is 0.825. The molecule has 2 aromatic rings. The Bertz CT molecular complexity index is 718. The Kier molecular flexibility index (Phi) is 5.32. The van der Waals surface area contributed by atoms with Crippen LogP contribution in [-0.4, -0.2) is 53.4 Å². The first-order valence-corrected chi connectivity index (χ1v) is 9.47. The number of hydrogen-bond donors (Lipinski definition) is 1.